The summed E-state index contributed by atoms with van der Waals surface area (Å²) in [5.74, 6) is 0.399. The number of nitro groups is 1. The van der Waals surface area contributed by atoms with Gasteiger partial charge in [0.25, 0.3) is 5.69 Å². The number of halogens is 1. The van der Waals surface area contributed by atoms with Crippen LogP contribution in [0.15, 0.2) is 23.8 Å². The SMILES string of the molecule is CC(C)C(=Cc1ccc(Cl)c([N+](=O)[O-])c1)CNC1CC1. The van der Waals surface area contributed by atoms with Gasteiger partial charge in [0.2, 0.25) is 0 Å². The van der Waals surface area contributed by atoms with Gasteiger partial charge >= 0.3 is 0 Å². The fourth-order valence-corrected chi connectivity index (χ4v) is 2.13. The molecule has 0 radical (unpaired) electrons. The third kappa shape index (κ3) is 4.05. The average Bonchev–Trinajstić information content (AvgIpc) is 3.19. The van der Waals surface area contributed by atoms with Crippen molar-refractivity contribution >= 4 is 23.4 Å². The Bertz CT molecular complexity index is 537. The number of nitrogens with zero attached hydrogens (tertiary/aromatic N) is 1. The maximum Gasteiger partial charge on any atom is 0.288 e. The minimum absolute atomic E-state index is 0.0429. The standard InChI is InChI=1S/C15H19ClN2O2/c1-10(2)12(9-17-13-4-5-13)7-11-3-6-14(16)15(8-11)18(19)20/h3,6-8,10,13,17H,4-5,9H2,1-2H3. The normalized spacial score (nSPS) is 15.7. The first-order chi connectivity index (χ1) is 9.47. The Morgan fingerprint density at radius 2 is 2.25 bits per heavy atom. The lowest BCUT2D eigenvalue weighted by Gasteiger charge is -2.12. The zero-order valence-corrected chi connectivity index (χ0v) is 12.5. The van der Waals surface area contributed by atoms with Crippen molar-refractivity contribution in [2.24, 2.45) is 5.92 Å². The molecule has 4 nitrogen and oxygen atoms in total. The van der Waals surface area contributed by atoms with Crippen LogP contribution in [0.3, 0.4) is 0 Å². The second-order valence-electron chi connectivity index (χ2n) is 5.50. The number of rotatable bonds is 6. The Morgan fingerprint density at radius 1 is 1.55 bits per heavy atom. The molecule has 0 aromatic heterocycles. The van der Waals surface area contributed by atoms with Gasteiger partial charge in [0, 0.05) is 18.7 Å². The van der Waals surface area contributed by atoms with E-state index in [4.69, 9.17) is 11.6 Å². The maximum atomic E-state index is 10.9. The van der Waals surface area contributed by atoms with E-state index in [0.29, 0.717) is 12.0 Å². The van der Waals surface area contributed by atoms with Gasteiger partial charge in [-0.3, -0.25) is 10.1 Å². The molecule has 0 aliphatic heterocycles. The molecule has 5 heteroatoms. The highest BCUT2D eigenvalue weighted by atomic mass is 35.5. The molecule has 1 aliphatic carbocycles. The highest BCUT2D eigenvalue weighted by Crippen LogP contribution is 2.27. The molecular formula is C15H19ClN2O2. The van der Waals surface area contributed by atoms with Gasteiger partial charge < -0.3 is 5.32 Å². The van der Waals surface area contributed by atoms with Crippen LogP contribution in [-0.4, -0.2) is 17.5 Å². The van der Waals surface area contributed by atoms with Crippen molar-refractivity contribution in [1.29, 1.82) is 0 Å². The summed E-state index contributed by atoms with van der Waals surface area (Å²) in [5.41, 5.74) is 2.02. The third-order valence-corrected chi connectivity index (χ3v) is 3.75. The van der Waals surface area contributed by atoms with Crippen LogP contribution in [0.5, 0.6) is 0 Å². The molecule has 0 amide bonds. The minimum Gasteiger partial charge on any atom is -0.310 e. The lowest BCUT2D eigenvalue weighted by Crippen LogP contribution is -2.21. The van der Waals surface area contributed by atoms with Crippen molar-refractivity contribution in [3.8, 4) is 0 Å². The molecule has 1 aromatic rings. The topological polar surface area (TPSA) is 55.2 Å². The average molecular weight is 295 g/mol. The molecule has 0 saturated heterocycles. The van der Waals surface area contributed by atoms with Crippen LogP contribution in [0, 0.1) is 16.0 Å². The van der Waals surface area contributed by atoms with Crippen LogP contribution < -0.4 is 5.32 Å². The Balaban J connectivity index is 2.20. The molecule has 1 saturated carbocycles. The summed E-state index contributed by atoms with van der Waals surface area (Å²) < 4.78 is 0. The van der Waals surface area contributed by atoms with Gasteiger partial charge in [-0.15, -0.1) is 0 Å². The molecule has 1 aromatic carbocycles. The van der Waals surface area contributed by atoms with Gasteiger partial charge in [0.05, 0.1) is 4.92 Å². The van der Waals surface area contributed by atoms with E-state index in [1.807, 2.05) is 12.1 Å². The van der Waals surface area contributed by atoms with Crippen molar-refractivity contribution < 1.29 is 4.92 Å². The first-order valence-electron chi connectivity index (χ1n) is 6.85. The summed E-state index contributed by atoms with van der Waals surface area (Å²) in [4.78, 5) is 10.5. The van der Waals surface area contributed by atoms with E-state index in [1.54, 1.807) is 6.07 Å². The van der Waals surface area contributed by atoms with Gasteiger partial charge in [-0.2, -0.15) is 0 Å². The Kier molecular flexibility index (Phi) is 4.78. The van der Waals surface area contributed by atoms with Gasteiger partial charge in [-0.05, 0) is 30.4 Å². The van der Waals surface area contributed by atoms with Gasteiger partial charge in [-0.1, -0.05) is 43.2 Å². The molecule has 0 unspecified atom stereocenters. The van der Waals surface area contributed by atoms with Crippen LogP contribution in [0.2, 0.25) is 5.02 Å². The lowest BCUT2D eigenvalue weighted by atomic mass is 10.00. The van der Waals surface area contributed by atoms with Crippen LogP contribution in [-0.2, 0) is 0 Å². The monoisotopic (exact) mass is 294 g/mol. The van der Waals surface area contributed by atoms with Crippen molar-refractivity contribution in [2.75, 3.05) is 6.54 Å². The van der Waals surface area contributed by atoms with Gasteiger partial charge in [-0.25, -0.2) is 0 Å². The lowest BCUT2D eigenvalue weighted by molar-refractivity contribution is -0.384. The van der Waals surface area contributed by atoms with E-state index >= 15 is 0 Å². The molecule has 108 valence electrons. The smallest absolute Gasteiger partial charge is 0.288 e. The highest BCUT2D eigenvalue weighted by Gasteiger charge is 2.21. The maximum absolute atomic E-state index is 10.9. The molecule has 0 atom stereocenters. The zero-order valence-electron chi connectivity index (χ0n) is 11.7. The summed E-state index contributed by atoms with van der Waals surface area (Å²) >= 11 is 5.83. The number of hydrogen-bond donors (Lipinski definition) is 1. The first kappa shape index (κ1) is 15.0. The van der Waals surface area contributed by atoms with Gasteiger partial charge in [0.1, 0.15) is 5.02 Å². The van der Waals surface area contributed by atoms with Crippen molar-refractivity contribution in [2.45, 2.75) is 32.7 Å². The molecule has 0 bridgehead atoms. The number of nitro benzene ring substituents is 1. The predicted octanol–water partition coefficient (Wildman–Crippen LogP) is 4.04. The number of benzene rings is 1. The quantitative estimate of drug-likeness (QED) is 0.636. The largest absolute Gasteiger partial charge is 0.310 e. The van der Waals surface area contributed by atoms with Crippen molar-refractivity contribution in [3.05, 3.63) is 44.5 Å². The van der Waals surface area contributed by atoms with Crippen molar-refractivity contribution in [1.82, 2.24) is 5.32 Å². The summed E-state index contributed by atoms with van der Waals surface area (Å²) in [6.45, 7) is 5.09. The summed E-state index contributed by atoms with van der Waals surface area (Å²) in [7, 11) is 0. The van der Waals surface area contributed by atoms with Crippen LogP contribution in [0.4, 0.5) is 5.69 Å². The molecular weight excluding hydrogens is 276 g/mol. The molecule has 20 heavy (non-hydrogen) atoms. The van der Waals surface area contributed by atoms with E-state index in [-0.39, 0.29) is 10.7 Å². The minimum atomic E-state index is -0.447. The van der Waals surface area contributed by atoms with E-state index in [9.17, 15) is 10.1 Å². The number of nitrogens with one attached hydrogen (secondary N) is 1. The van der Waals surface area contributed by atoms with E-state index in [0.717, 1.165) is 12.1 Å². The van der Waals surface area contributed by atoms with Crippen LogP contribution in [0.1, 0.15) is 32.3 Å². The highest BCUT2D eigenvalue weighted by molar-refractivity contribution is 6.32. The molecule has 2 rings (SSSR count). The zero-order chi connectivity index (χ0) is 14.7. The Hall–Kier alpha value is -1.39. The molecule has 1 aliphatic rings. The van der Waals surface area contributed by atoms with E-state index in [2.05, 4.69) is 19.2 Å². The summed E-state index contributed by atoms with van der Waals surface area (Å²) in [5, 5.41) is 14.6. The van der Waals surface area contributed by atoms with Crippen LogP contribution in [0.25, 0.3) is 6.08 Å². The van der Waals surface area contributed by atoms with E-state index in [1.165, 1.54) is 24.5 Å². The fraction of sp³-hybridized carbons (Fsp3) is 0.467. The molecule has 0 spiro atoms. The molecule has 1 fully saturated rings. The van der Waals surface area contributed by atoms with E-state index < -0.39 is 4.92 Å². The van der Waals surface area contributed by atoms with Gasteiger partial charge in [0.15, 0.2) is 0 Å². The van der Waals surface area contributed by atoms with Crippen molar-refractivity contribution in [3.63, 3.8) is 0 Å². The third-order valence-electron chi connectivity index (χ3n) is 3.43. The molecule has 0 heterocycles. The Labute approximate surface area is 124 Å². The predicted molar refractivity (Wildman–Crippen MR) is 81.9 cm³/mol. The Morgan fingerprint density at radius 3 is 2.80 bits per heavy atom. The van der Waals surface area contributed by atoms with Crippen LogP contribution >= 0.6 is 11.6 Å². The fourth-order valence-electron chi connectivity index (χ4n) is 1.94. The second-order valence-corrected chi connectivity index (χ2v) is 5.90. The molecule has 1 N–H and O–H groups in total. The first-order valence-corrected chi connectivity index (χ1v) is 7.23. The number of hydrogen-bond acceptors (Lipinski definition) is 3. The summed E-state index contributed by atoms with van der Waals surface area (Å²) in [6.07, 6.45) is 4.51. The summed E-state index contributed by atoms with van der Waals surface area (Å²) in [6, 6.07) is 5.57. The second kappa shape index (κ2) is 6.37.